The van der Waals surface area contributed by atoms with Crippen LogP contribution in [0.5, 0.6) is 11.5 Å². The fourth-order valence-electron chi connectivity index (χ4n) is 2.85. The van der Waals surface area contributed by atoms with Crippen LogP contribution in [0.25, 0.3) is 22.4 Å². The van der Waals surface area contributed by atoms with Crippen molar-refractivity contribution in [3.05, 3.63) is 36.4 Å². The van der Waals surface area contributed by atoms with E-state index in [1.807, 2.05) is 36.4 Å². The smallest absolute Gasteiger partial charge is 0.231 e. The number of benzene rings is 2. The number of hydrogen-bond acceptors (Lipinski definition) is 4. The van der Waals surface area contributed by atoms with Crippen LogP contribution in [0.2, 0.25) is 0 Å². The minimum Gasteiger partial charge on any atom is -0.454 e. The minimum atomic E-state index is 0.278. The molecule has 0 bridgehead atoms. The lowest BCUT2D eigenvalue weighted by atomic mass is 10.2. The van der Waals surface area contributed by atoms with Gasteiger partial charge in [-0.05, 0) is 42.8 Å². The SMILES string of the molecule is CCCn1c(-c2ccc3c(c2)OCO3)nc2cc(N)ccc21. The fourth-order valence-corrected chi connectivity index (χ4v) is 2.85. The summed E-state index contributed by atoms with van der Waals surface area (Å²) < 4.78 is 13.1. The van der Waals surface area contributed by atoms with E-state index in [-0.39, 0.29) is 6.79 Å². The van der Waals surface area contributed by atoms with Gasteiger partial charge in [-0.1, -0.05) is 6.92 Å². The van der Waals surface area contributed by atoms with Crippen LogP contribution in [-0.4, -0.2) is 16.3 Å². The highest BCUT2D eigenvalue weighted by atomic mass is 16.7. The van der Waals surface area contributed by atoms with E-state index in [9.17, 15) is 0 Å². The molecule has 2 heterocycles. The average molecular weight is 295 g/mol. The number of aryl methyl sites for hydroxylation is 1. The van der Waals surface area contributed by atoms with Gasteiger partial charge in [0.2, 0.25) is 6.79 Å². The van der Waals surface area contributed by atoms with Crippen molar-refractivity contribution in [3.8, 4) is 22.9 Å². The van der Waals surface area contributed by atoms with E-state index < -0.39 is 0 Å². The second kappa shape index (κ2) is 4.94. The number of rotatable bonds is 3. The second-order valence-electron chi connectivity index (χ2n) is 5.40. The van der Waals surface area contributed by atoms with Gasteiger partial charge < -0.3 is 19.8 Å². The Morgan fingerprint density at radius 1 is 1.14 bits per heavy atom. The number of hydrogen-bond donors (Lipinski definition) is 1. The van der Waals surface area contributed by atoms with Gasteiger partial charge in [0, 0.05) is 17.8 Å². The zero-order chi connectivity index (χ0) is 15.1. The summed E-state index contributed by atoms with van der Waals surface area (Å²) in [5, 5.41) is 0. The normalized spacial score (nSPS) is 13.0. The van der Waals surface area contributed by atoms with Crippen molar-refractivity contribution in [3.63, 3.8) is 0 Å². The number of aromatic nitrogens is 2. The van der Waals surface area contributed by atoms with Crippen molar-refractivity contribution in [1.82, 2.24) is 9.55 Å². The van der Waals surface area contributed by atoms with Crippen LogP contribution in [0.3, 0.4) is 0 Å². The average Bonchev–Trinajstić information content (AvgIpc) is 3.11. The molecule has 2 aromatic carbocycles. The molecule has 5 heteroatoms. The molecule has 1 aliphatic rings. The summed E-state index contributed by atoms with van der Waals surface area (Å²) in [6, 6.07) is 11.8. The van der Waals surface area contributed by atoms with E-state index in [1.54, 1.807) is 0 Å². The Morgan fingerprint density at radius 3 is 2.86 bits per heavy atom. The highest BCUT2D eigenvalue weighted by Crippen LogP contribution is 2.36. The van der Waals surface area contributed by atoms with Crippen LogP contribution in [0, 0.1) is 0 Å². The standard InChI is InChI=1S/C17H17N3O2/c1-2-7-20-14-5-4-12(18)9-13(14)19-17(20)11-3-6-15-16(8-11)22-10-21-15/h3-6,8-9H,2,7,10,18H2,1H3. The lowest BCUT2D eigenvalue weighted by Gasteiger charge is -2.08. The molecule has 5 nitrogen and oxygen atoms in total. The Balaban J connectivity index is 1.91. The van der Waals surface area contributed by atoms with E-state index in [0.717, 1.165) is 52.6 Å². The molecular weight excluding hydrogens is 278 g/mol. The van der Waals surface area contributed by atoms with Crippen LogP contribution < -0.4 is 15.2 Å². The third-order valence-electron chi connectivity index (χ3n) is 3.85. The number of fused-ring (bicyclic) bond motifs is 2. The molecule has 1 aromatic heterocycles. The molecule has 2 N–H and O–H groups in total. The van der Waals surface area contributed by atoms with Gasteiger partial charge in [0.05, 0.1) is 11.0 Å². The Hall–Kier alpha value is -2.69. The predicted octanol–water partition coefficient (Wildman–Crippen LogP) is 3.42. The van der Waals surface area contributed by atoms with Crippen molar-refractivity contribution in [2.24, 2.45) is 0 Å². The first kappa shape index (κ1) is 13.0. The molecule has 0 radical (unpaired) electrons. The molecule has 0 unspecified atom stereocenters. The summed E-state index contributed by atoms with van der Waals surface area (Å²) in [5.41, 5.74) is 9.65. The van der Waals surface area contributed by atoms with Crippen LogP contribution in [0.1, 0.15) is 13.3 Å². The third-order valence-corrected chi connectivity index (χ3v) is 3.85. The number of ether oxygens (including phenoxy) is 2. The topological polar surface area (TPSA) is 62.3 Å². The highest BCUT2D eigenvalue weighted by Gasteiger charge is 2.17. The van der Waals surface area contributed by atoms with Crippen molar-refractivity contribution in [2.45, 2.75) is 19.9 Å². The summed E-state index contributed by atoms with van der Waals surface area (Å²) in [5.74, 6) is 2.49. The molecule has 0 saturated carbocycles. The number of nitrogens with two attached hydrogens (primary N) is 1. The highest BCUT2D eigenvalue weighted by molar-refractivity contribution is 5.83. The summed E-state index contributed by atoms with van der Waals surface area (Å²) in [6.45, 7) is 3.34. The fraction of sp³-hybridized carbons (Fsp3) is 0.235. The maximum Gasteiger partial charge on any atom is 0.231 e. The first-order valence-corrected chi connectivity index (χ1v) is 7.42. The van der Waals surface area contributed by atoms with Gasteiger partial charge >= 0.3 is 0 Å². The summed E-state index contributed by atoms with van der Waals surface area (Å²) >= 11 is 0. The van der Waals surface area contributed by atoms with Crippen molar-refractivity contribution < 1.29 is 9.47 Å². The van der Waals surface area contributed by atoms with Gasteiger partial charge in [-0.25, -0.2) is 4.98 Å². The second-order valence-corrected chi connectivity index (χ2v) is 5.40. The van der Waals surface area contributed by atoms with Gasteiger partial charge in [0.1, 0.15) is 5.82 Å². The number of nitrogens with zero attached hydrogens (tertiary/aromatic N) is 2. The Kier molecular flexibility index (Phi) is 2.92. The third kappa shape index (κ3) is 1.97. The van der Waals surface area contributed by atoms with Gasteiger partial charge in [0.25, 0.3) is 0 Å². The summed E-state index contributed by atoms with van der Waals surface area (Å²) in [7, 11) is 0. The Bertz CT molecular complexity index is 854. The number of imidazole rings is 1. The molecule has 0 fully saturated rings. The minimum absolute atomic E-state index is 0.278. The Morgan fingerprint density at radius 2 is 2.00 bits per heavy atom. The van der Waals surface area contributed by atoms with E-state index in [2.05, 4.69) is 11.5 Å². The van der Waals surface area contributed by atoms with Crippen molar-refractivity contribution in [2.75, 3.05) is 12.5 Å². The quantitative estimate of drug-likeness (QED) is 0.752. The first-order valence-electron chi connectivity index (χ1n) is 7.42. The zero-order valence-electron chi connectivity index (χ0n) is 12.4. The molecular formula is C17H17N3O2. The molecule has 4 rings (SSSR count). The molecule has 1 aliphatic heterocycles. The number of anilines is 1. The largest absolute Gasteiger partial charge is 0.454 e. The predicted molar refractivity (Wildman–Crippen MR) is 86.0 cm³/mol. The van der Waals surface area contributed by atoms with E-state index in [1.165, 1.54) is 0 Å². The lowest BCUT2D eigenvalue weighted by molar-refractivity contribution is 0.174. The van der Waals surface area contributed by atoms with Crippen LogP contribution >= 0.6 is 0 Å². The molecule has 0 saturated heterocycles. The van der Waals surface area contributed by atoms with Crippen LogP contribution in [0.15, 0.2) is 36.4 Å². The van der Waals surface area contributed by atoms with Crippen LogP contribution in [0.4, 0.5) is 5.69 Å². The molecule has 0 aliphatic carbocycles. The molecule has 112 valence electrons. The maximum absolute atomic E-state index is 5.88. The van der Waals surface area contributed by atoms with Gasteiger partial charge in [-0.3, -0.25) is 0 Å². The molecule has 0 amide bonds. The number of nitrogen functional groups attached to an aromatic ring is 1. The summed E-state index contributed by atoms with van der Waals surface area (Å²) in [4.78, 5) is 4.77. The van der Waals surface area contributed by atoms with Gasteiger partial charge in [-0.15, -0.1) is 0 Å². The van der Waals surface area contributed by atoms with Gasteiger partial charge in [0.15, 0.2) is 11.5 Å². The maximum atomic E-state index is 5.88. The molecule has 22 heavy (non-hydrogen) atoms. The van der Waals surface area contributed by atoms with E-state index in [4.69, 9.17) is 20.2 Å². The molecule has 0 spiro atoms. The lowest BCUT2D eigenvalue weighted by Crippen LogP contribution is -1.99. The molecule has 0 atom stereocenters. The Labute approximate surface area is 128 Å². The monoisotopic (exact) mass is 295 g/mol. The van der Waals surface area contributed by atoms with Gasteiger partial charge in [-0.2, -0.15) is 0 Å². The van der Waals surface area contributed by atoms with Crippen molar-refractivity contribution in [1.29, 1.82) is 0 Å². The first-order chi connectivity index (χ1) is 10.8. The van der Waals surface area contributed by atoms with Crippen molar-refractivity contribution >= 4 is 16.7 Å². The summed E-state index contributed by atoms with van der Waals surface area (Å²) in [6.07, 6.45) is 1.04. The zero-order valence-corrected chi connectivity index (χ0v) is 12.4. The van der Waals surface area contributed by atoms with E-state index in [0.29, 0.717) is 0 Å². The van der Waals surface area contributed by atoms with Crippen LogP contribution in [-0.2, 0) is 6.54 Å². The molecule has 3 aromatic rings. The van der Waals surface area contributed by atoms with E-state index >= 15 is 0 Å².